The SMILES string of the molecule is CC.CC.CCN1C(=S)COC1=S.CCN1C(=S)O/C(=C\c2ccc(-c3ccccc3)n2C)C1=S.COc1ccc(-c2ccccc2)n1C. The summed E-state index contributed by atoms with van der Waals surface area (Å²) in [6.45, 7) is 14.0. The average Bonchev–Trinajstić information content (AvgIpc) is 3.88. The van der Waals surface area contributed by atoms with E-state index >= 15 is 0 Å². The predicted molar refractivity (Wildman–Crippen MR) is 221 cm³/mol. The molecule has 7 nitrogen and oxygen atoms in total. The summed E-state index contributed by atoms with van der Waals surface area (Å²) in [5, 5.41) is 0.943. The van der Waals surface area contributed by atoms with Crippen molar-refractivity contribution < 1.29 is 14.2 Å². The molecule has 2 aliphatic heterocycles. The van der Waals surface area contributed by atoms with E-state index in [0.29, 0.717) is 27.7 Å². The van der Waals surface area contributed by atoms with Crippen molar-refractivity contribution in [2.24, 2.45) is 14.1 Å². The highest BCUT2D eigenvalue weighted by atomic mass is 32.1. The highest BCUT2D eigenvalue weighted by molar-refractivity contribution is 7.82. The standard InChI is InChI=1S/C17H16N2OS2.C12H13NO.C5H7NOS2.2C2H6/c1-3-19-16(21)15(20-17(19)22)11-13-9-10-14(18(13)2)12-7-5-4-6-8-12;1-13-11(8-9-12(13)14-2)10-6-4-3-5-7-10;1-2-6-4(8)3-7-5(6)9;2*1-2/h4-11H,3H2,1-2H3;3-9H,1-2H3;2-3H2,1H3;2*1-2H3/b15-11-;;;;. The highest BCUT2D eigenvalue weighted by Crippen LogP contribution is 2.26. The number of methoxy groups -OCH3 is 1. The monoisotopic (exact) mass is 736 g/mol. The molecule has 2 fully saturated rings. The van der Waals surface area contributed by atoms with Crippen LogP contribution in [0.5, 0.6) is 5.88 Å². The van der Waals surface area contributed by atoms with Gasteiger partial charge in [-0.15, -0.1) is 0 Å². The molecule has 2 saturated heterocycles. The number of hydrogen-bond donors (Lipinski definition) is 0. The molecule has 0 unspecified atom stereocenters. The lowest BCUT2D eigenvalue weighted by molar-refractivity contribution is 0.375. The first kappa shape index (κ1) is 41.3. The van der Waals surface area contributed by atoms with Gasteiger partial charge in [-0.3, -0.25) is 9.80 Å². The van der Waals surface area contributed by atoms with Crippen molar-refractivity contribution in [1.29, 1.82) is 0 Å². The minimum Gasteiger partial charge on any atom is -0.482 e. The van der Waals surface area contributed by atoms with Crippen molar-refractivity contribution in [2.75, 3.05) is 26.8 Å². The molecule has 0 radical (unpaired) electrons. The summed E-state index contributed by atoms with van der Waals surface area (Å²) >= 11 is 20.4. The lowest BCUT2D eigenvalue weighted by atomic mass is 10.2. The van der Waals surface area contributed by atoms with Gasteiger partial charge in [0, 0.05) is 50.7 Å². The molecule has 2 aromatic heterocycles. The fourth-order valence-corrected chi connectivity index (χ4v) is 6.07. The molecule has 0 spiro atoms. The second-order valence-electron chi connectivity index (χ2n) is 9.87. The third kappa shape index (κ3) is 10.8. The molecule has 262 valence electrons. The first-order valence-electron chi connectivity index (χ1n) is 16.4. The molecule has 4 aromatic rings. The van der Waals surface area contributed by atoms with Gasteiger partial charge in [-0.05, 0) is 67.6 Å². The maximum absolute atomic E-state index is 5.61. The van der Waals surface area contributed by atoms with Crippen molar-refractivity contribution >= 4 is 75.3 Å². The van der Waals surface area contributed by atoms with Gasteiger partial charge in [0.1, 0.15) is 11.6 Å². The number of nitrogens with zero attached hydrogens (tertiary/aromatic N) is 4. The molecular formula is C38H48N4O3S4. The number of benzene rings is 2. The molecule has 0 saturated carbocycles. The van der Waals surface area contributed by atoms with Crippen LogP contribution in [0.2, 0.25) is 0 Å². The molecule has 4 heterocycles. The summed E-state index contributed by atoms with van der Waals surface area (Å²) in [5.74, 6) is 1.52. The van der Waals surface area contributed by atoms with Gasteiger partial charge in [0.25, 0.3) is 10.3 Å². The first-order valence-corrected chi connectivity index (χ1v) is 18.0. The van der Waals surface area contributed by atoms with Gasteiger partial charge in [-0.25, -0.2) is 0 Å². The van der Waals surface area contributed by atoms with Crippen molar-refractivity contribution in [1.82, 2.24) is 18.9 Å². The Kier molecular flexibility index (Phi) is 17.9. The molecule has 11 heteroatoms. The molecular weight excluding hydrogens is 689 g/mol. The van der Waals surface area contributed by atoms with Crippen molar-refractivity contribution in [3.05, 3.63) is 96.4 Å². The van der Waals surface area contributed by atoms with Crippen LogP contribution in [0.3, 0.4) is 0 Å². The third-order valence-electron chi connectivity index (χ3n) is 7.21. The molecule has 0 N–H and O–H groups in total. The maximum atomic E-state index is 5.61. The Balaban J connectivity index is 0.000000264. The number of ether oxygens (including phenoxy) is 3. The zero-order valence-electron chi connectivity index (χ0n) is 29.9. The largest absolute Gasteiger partial charge is 0.482 e. The minimum absolute atomic E-state index is 0.427. The van der Waals surface area contributed by atoms with Crippen molar-refractivity contribution in [3.8, 4) is 28.4 Å². The van der Waals surface area contributed by atoms with Crippen LogP contribution in [-0.2, 0) is 23.6 Å². The second-order valence-corrected chi connectivity index (χ2v) is 11.4. The summed E-state index contributed by atoms with van der Waals surface area (Å²) in [5.41, 5.74) is 5.72. The fourth-order valence-electron chi connectivity index (χ4n) is 4.76. The Hall–Kier alpha value is -3.90. The van der Waals surface area contributed by atoms with Crippen LogP contribution in [-0.4, -0.2) is 66.1 Å². The van der Waals surface area contributed by atoms with E-state index in [2.05, 4.69) is 47.0 Å². The summed E-state index contributed by atoms with van der Waals surface area (Å²) in [4.78, 5) is 5.07. The minimum atomic E-state index is 0.427. The summed E-state index contributed by atoms with van der Waals surface area (Å²) < 4.78 is 20.0. The molecule has 0 aliphatic carbocycles. The van der Waals surface area contributed by atoms with Crippen LogP contribution in [0.15, 0.2) is 90.7 Å². The van der Waals surface area contributed by atoms with Gasteiger partial charge in [-0.2, -0.15) is 0 Å². The summed E-state index contributed by atoms with van der Waals surface area (Å²) in [7, 11) is 5.72. The Morgan fingerprint density at radius 1 is 0.673 bits per heavy atom. The third-order valence-corrected chi connectivity index (χ3v) is 8.61. The van der Waals surface area contributed by atoms with E-state index in [0.717, 1.165) is 35.3 Å². The predicted octanol–water partition coefficient (Wildman–Crippen LogP) is 9.70. The Morgan fingerprint density at radius 3 is 1.59 bits per heavy atom. The molecule has 2 aromatic carbocycles. The Bertz CT molecular complexity index is 1680. The van der Waals surface area contributed by atoms with Crippen LogP contribution in [0.4, 0.5) is 0 Å². The maximum Gasteiger partial charge on any atom is 0.270 e. The zero-order valence-corrected chi connectivity index (χ0v) is 33.2. The van der Waals surface area contributed by atoms with Crippen molar-refractivity contribution in [2.45, 2.75) is 41.5 Å². The van der Waals surface area contributed by atoms with Gasteiger partial charge < -0.3 is 23.3 Å². The summed E-state index contributed by atoms with van der Waals surface area (Å²) in [6.07, 6.45) is 1.94. The van der Waals surface area contributed by atoms with Gasteiger partial charge in [0.2, 0.25) is 0 Å². The van der Waals surface area contributed by atoms with Gasteiger partial charge >= 0.3 is 0 Å². The van der Waals surface area contributed by atoms with Crippen LogP contribution in [0.1, 0.15) is 47.2 Å². The van der Waals surface area contributed by atoms with Crippen molar-refractivity contribution in [3.63, 3.8) is 0 Å². The zero-order chi connectivity index (χ0) is 36.5. The van der Waals surface area contributed by atoms with E-state index in [1.54, 1.807) is 7.11 Å². The first-order chi connectivity index (χ1) is 23.7. The topological polar surface area (TPSA) is 44.0 Å². The number of rotatable bonds is 6. The van der Waals surface area contributed by atoms with E-state index in [4.69, 9.17) is 63.1 Å². The Morgan fingerprint density at radius 2 is 1.18 bits per heavy atom. The second kappa shape index (κ2) is 21.2. The van der Waals surface area contributed by atoms with Crippen LogP contribution in [0, 0.1) is 0 Å². The van der Waals surface area contributed by atoms with E-state index in [9.17, 15) is 0 Å². The summed E-state index contributed by atoms with van der Waals surface area (Å²) in [6, 6.07) is 28.7. The fraction of sp³-hybridized carbons (Fsp3) is 0.316. The molecule has 0 atom stereocenters. The van der Waals surface area contributed by atoms with E-state index in [1.807, 2.05) is 119 Å². The van der Waals surface area contributed by atoms with Gasteiger partial charge in [0.15, 0.2) is 16.6 Å². The molecule has 0 amide bonds. The van der Waals surface area contributed by atoms with E-state index < -0.39 is 0 Å². The number of likely N-dealkylation sites (N-methyl/N-ethyl adjacent to an activating group) is 2. The quantitative estimate of drug-likeness (QED) is 0.142. The lowest BCUT2D eigenvalue weighted by Gasteiger charge is -2.09. The average molecular weight is 737 g/mol. The Labute approximate surface area is 314 Å². The van der Waals surface area contributed by atoms with Crippen LogP contribution >= 0.6 is 48.9 Å². The number of thiocarbonyl (C=S) groups is 4. The smallest absolute Gasteiger partial charge is 0.270 e. The lowest BCUT2D eigenvalue weighted by Crippen LogP contribution is -2.26. The molecule has 6 rings (SSSR count). The van der Waals surface area contributed by atoms with Gasteiger partial charge in [0.05, 0.1) is 12.8 Å². The van der Waals surface area contributed by atoms with E-state index in [-0.39, 0.29) is 0 Å². The molecule has 2 aliphatic rings. The highest BCUT2D eigenvalue weighted by Gasteiger charge is 2.28. The van der Waals surface area contributed by atoms with Crippen LogP contribution in [0.25, 0.3) is 28.6 Å². The van der Waals surface area contributed by atoms with E-state index in [1.165, 1.54) is 16.8 Å². The van der Waals surface area contributed by atoms with Crippen LogP contribution < -0.4 is 4.74 Å². The molecule has 49 heavy (non-hydrogen) atoms. The number of hydrogen-bond acceptors (Lipinski definition) is 7. The van der Waals surface area contributed by atoms with Gasteiger partial charge in [-0.1, -0.05) is 113 Å². The molecule has 0 bridgehead atoms. The number of aromatic nitrogens is 2. The normalized spacial score (nSPS) is 13.9.